The van der Waals surface area contributed by atoms with Crippen LogP contribution in [-0.4, -0.2) is 89.2 Å². The Kier molecular flexibility index (Phi) is 49.7. The van der Waals surface area contributed by atoms with Crippen molar-refractivity contribution in [1.29, 1.82) is 0 Å². The first kappa shape index (κ1) is 71.7. The highest BCUT2D eigenvalue weighted by Crippen LogP contribution is 2.27. The Bertz CT molecular complexity index is 1520. The van der Waals surface area contributed by atoms with E-state index in [0.29, 0.717) is 19.3 Å². The summed E-state index contributed by atoms with van der Waals surface area (Å²) in [7, 11) is 0. The van der Waals surface area contributed by atoms with Crippen LogP contribution in [0.4, 0.5) is 0 Å². The monoisotopic (exact) mass is 1090 g/mol. The number of aliphatic hydroxyl groups is 2. The van der Waals surface area contributed by atoms with Gasteiger partial charge in [0.25, 0.3) is 0 Å². The van der Waals surface area contributed by atoms with Crippen molar-refractivity contribution in [3.05, 3.63) is 48.6 Å². The molecule has 12 nitrogen and oxygen atoms in total. The lowest BCUT2D eigenvalue weighted by molar-refractivity contribution is -0.301. The zero-order valence-electron chi connectivity index (χ0n) is 49.2. The molecule has 0 saturated carbocycles. The minimum atomic E-state index is -1.90. The van der Waals surface area contributed by atoms with Gasteiger partial charge in [0.05, 0.1) is 6.61 Å². The maximum atomic E-state index is 13.1. The van der Waals surface area contributed by atoms with Gasteiger partial charge in [0.15, 0.2) is 24.6 Å². The highest BCUT2D eigenvalue weighted by molar-refractivity contribution is 5.74. The second-order valence-corrected chi connectivity index (χ2v) is 21.7. The van der Waals surface area contributed by atoms with E-state index in [0.717, 1.165) is 96.3 Å². The van der Waals surface area contributed by atoms with Gasteiger partial charge in [-0.1, -0.05) is 236 Å². The van der Waals surface area contributed by atoms with E-state index >= 15 is 0 Å². The van der Waals surface area contributed by atoms with Crippen LogP contribution in [0.3, 0.4) is 0 Å². The van der Waals surface area contributed by atoms with Gasteiger partial charge in [-0.15, -0.1) is 0 Å². The third-order valence-electron chi connectivity index (χ3n) is 14.4. The smallest absolute Gasteiger partial charge is 0.335 e. The second-order valence-electron chi connectivity index (χ2n) is 21.7. The van der Waals surface area contributed by atoms with E-state index in [1.54, 1.807) is 0 Å². The van der Waals surface area contributed by atoms with Crippen molar-refractivity contribution in [2.75, 3.05) is 13.2 Å². The first-order valence-electron chi connectivity index (χ1n) is 31.6. The minimum Gasteiger partial charge on any atom is -0.479 e. The molecule has 12 heteroatoms. The molecule has 6 unspecified atom stereocenters. The Labute approximate surface area is 469 Å². The van der Waals surface area contributed by atoms with E-state index in [-0.39, 0.29) is 25.9 Å². The predicted molar refractivity (Wildman–Crippen MR) is 312 cm³/mol. The van der Waals surface area contributed by atoms with E-state index in [1.165, 1.54) is 135 Å². The molecule has 0 amide bonds. The minimum absolute atomic E-state index is 0.0569. The van der Waals surface area contributed by atoms with Crippen LogP contribution in [0.5, 0.6) is 0 Å². The van der Waals surface area contributed by atoms with Gasteiger partial charge in [-0.25, -0.2) is 4.79 Å². The molecule has 0 aliphatic carbocycles. The summed E-state index contributed by atoms with van der Waals surface area (Å²) in [5.74, 6) is -3.11. The summed E-state index contributed by atoms with van der Waals surface area (Å²) in [6.07, 6.45) is 52.1. The molecule has 1 rings (SSSR count). The van der Waals surface area contributed by atoms with Gasteiger partial charge in [0, 0.05) is 19.3 Å². The molecule has 3 N–H and O–H groups in total. The summed E-state index contributed by atoms with van der Waals surface area (Å²) in [4.78, 5) is 51.2. The lowest BCUT2D eigenvalue weighted by Gasteiger charge is -2.40. The first-order chi connectivity index (χ1) is 37.6. The normalized spacial score (nSPS) is 18.3. The topological polar surface area (TPSA) is 175 Å². The van der Waals surface area contributed by atoms with Gasteiger partial charge < -0.3 is 39.0 Å². The number of carboxylic acids is 1. The molecular weight excluding hydrogens is 973 g/mol. The average Bonchev–Trinajstić information content (AvgIpc) is 3.42. The fourth-order valence-corrected chi connectivity index (χ4v) is 9.49. The SMILES string of the molecule is CCCCC/C=C\C/C=C\CCCCCCCCCCCC(=O)OC1C(OCC(COC(=O)CCCCCCCCC/C=C\C/C=C\CCCCC)OC(=O)CCCCCCCCCCCCC)OC(C(=O)O)C(O)C1O. The molecule has 1 fully saturated rings. The van der Waals surface area contributed by atoms with Crippen LogP contribution in [0.2, 0.25) is 0 Å². The zero-order valence-corrected chi connectivity index (χ0v) is 49.2. The van der Waals surface area contributed by atoms with Crippen molar-refractivity contribution in [3.8, 4) is 0 Å². The molecular formula is C65H114O12. The number of carbonyl (C=O) groups excluding carboxylic acids is 3. The lowest BCUT2D eigenvalue weighted by Crippen LogP contribution is -2.61. The van der Waals surface area contributed by atoms with E-state index in [4.69, 9.17) is 23.7 Å². The largest absolute Gasteiger partial charge is 0.479 e. The highest BCUT2D eigenvalue weighted by atomic mass is 16.7. The number of allylic oxidation sites excluding steroid dienone is 8. The van der Waals surface area contributed by atoms with Gasteiger partial charge in [-0.05, 0) is 83.5 Å². The van der Waals surface area contributed by atoms with Crippen molar-refractivity contribution >= 4 is 23.9 Å². The third-order valence-corrected chi connectivity index (χ3v) is 14.4. The second kappa shape index (κ2) is 53.3. The lowest BCUT2D eigenvalue weighted by atomic mass is 9.98. The molecule has 446 valence electrons. The molecule has 1 saturated heterocycles. The third kappa shape index (κ3) is 43.2. The standard InChI is InChI=1S/C65H114O12/c1-4-7-10-13-16-19-22-24-26-28-29-31-33-35-38-41-44-47-50-53-59(68)76-63-61(70)60(69)62(64(71)72)77-65(63)74-55-56(75-58(67)52-49-46-43-40-36-21-18-15-12-9-6-3)54-73-57(66)51-48-45-42-39-37-34-32-30-27-25-23-20-17-14-11-8-5-2/h16-17,19-20,24-27,56,60-63,65,69-70H,4-15,18,21-23,28-55H2,1-3H3,(H,71,72)/b19-16-,20-17-,26-24-,27-25-. The zero-order chi connectivity index (χ0) is 56.1. The number of esters is 3. The highest BCUT2D eigenvalue weighted by Gasteiger charge is 2.50. The Morgan fingerprint density at radius 3 is 1.19 bits per heavy atom. The van der Waals surface area contributed by atoms with Crippen LogP contribution < -0.4 is 0 Å². The number of carboxylic acid groups (broad SMARTS) is 1. The molecule has 0 bridgehead atoms. The summed E-state index contributed by atoms with van der Waals surface area (Å²) in [5, 5.41) is 31.5. The average molecular weight is 1090 g/mol. The van der Waals surface area contributed by atoms with E-state index < -0.39 is 67.3 Å². The van der Waals surface area contributed by atoms with Gasteiger partial charge in [-0.3, -0.25) is 14.4 Å². The van der Waals surface area contributed by atoms with Crippen molar-refractivity contribution in [2.45, 2.75) is 327 Å². The number of rotatable bonds is 54. The van der Waals surface area contributed by atoms with Crippen LogP contribution in [0.15, 0.2) is 48.6 Å². The Morgan fingerprint density at radius 2 is 0.779 bits per heavy atom. The predicted octanol–water partition coefficient (Wildman–Crippen LogP) is 16.6. The molecule has 0 aromatic heterocycles. The molecule has 0 aromatic carbocycles. The summed E-state index contributed by atoms with van der Waals surface area (Å²) in [5.41, 5.74) is 0. The number of hydrogen-bond acceptors (Lipinski definition) is 11. The van der Waals surface area contributed by atoms with E-state index in [2.05, 4.69) is 69.4 Å². The summed E-state index contributed by atoms with van der Waals surface area (Å²) < 4.78 is 28.5. The van der Waals surface area contributed by atoms with Crippen LogP contribution >= 0.6 is 0 Å². The molecule has 6 atom stereocenters. The summed E-state index contributed by atoms with van der Waals surface area (Å²) in [6, 6.07) is 0. The van der Waals surface area contributed by atoms with Gasteiger partial charge >= 0.3 is 23.9 Å². The number of aliphatic hydroxyl groups excluding tert-OH is 2. The molecule has 77 heavy (non-hydrogen) atoms. The van der Waals surface area contributed by atoms with Gasteiger partial charge in [-0.2, -0.15) is 0 Å². The fraction of sp³-hybridized carbons (Fsp3) is 0.815. The first-order valence-corrected chi connectivity index (χ1v) is 31.6. The Morgan fingerprint density at radius 1 is 0.429 bits per heavy atom. The van der Waals surface area contributed by atoms with Crippen LogP contribution in [0.25, 0.3) is 0 Å². The van der Waals surface area contributed by atoms with Crippen molar-refractivity contribution in [2.24, 2.45) is 0 Å². The number of aliphatic carboxylic acids is 1. The van der Waals surface area contributed by atoms with E-state index in [1.807, 2.05) is 0 Å². The molecule has 1 aliphatic heterocycles. The maximum Gasteiger partial charge on any atom is 0.335 e. The van der Waals surface area contributed by atoms with Crippen molar-refractivity contribution in [1.82, 2.24) is 0 Å². The number of ether oxygens (including phenoxy) is 5. The molecule has 0 radical (unpaired) electrons. The van der Waals surface area contributed by atoms with Crippen LogP contribution in [0.1, 0.15) is 290 Å². The molecule has 1 heterocycles. The summed E-state index contributed by atoms with van der Waals surface area (Å²) >= 11 is 0. The fourth-order valence-electron chi connectivity index (χ4n) is 9.49. The van der Waals surface area contributed by atoms with Crippen molar-refractivity contribution in [3.63, 3.8) is 0 Å². The maximum absolute atomic E-state index is 13.1. The molecule has 0 aromatic rings. The molecule has 0 spiro atoms. The van der Waals surface area contributed by atoms with E-state index in [9.17, 15) is 34.5 Å². The van der Waals surface area contributed by atoms with Crippen LogP contribution in [0, 0.1) is 0 Å². The van der Waals surface area contributed by atoms with Crippen LogP contribution in [-0.2, 0) is 42.9 Å². The van der Waals surface area contributed by atoms with Crippen molar-refractivity contribution < 1.29 is 58.2 Å². The van der Waals surface area contributed by atoms with Gasteiger partial charge in [0.2, 0.25) is 0 Å². The quantitative estimate of drug-likeness (QED) is 0.0228. The van der Waals surface area contributed by atoms with Gasteiger partial charge in [0.1, 0.15) is 18.8 Å². The number of hydrogen-bond donors (Lipinski definition) is 3. The number of carbonyl (C=O) groups is 4. The Balaban J connectivity index is 2.63. The Hall–Kier alpha value is -3.32. The number of unbranched alkanes of at least 4 members (excludes halogenated alkanes) is 32. The summed E-state index contributed by atoms with van der Waals surface area (Å²) in [6.45, 7) is 5.96. The molecule has 1 aliphatic rings.